The number of benzene rings is 2. The van der Waals surface area contributed by atoms with Crippen molar-refractivity contribution in [3.63, 3.8) is 0 Å². The highest BCUT2D eigenvalue weighted by atomic mass is 35.5. The lowest BCUT2D eigenvalue weighted by Gasteiger charge is -2.11. The number of Topliss-reactive ketones (excluding diaryl/α,β-unsaturated/α-hetero) is 1. The van der Waals surface area contributed by atoms with Crippen molar-refractivity contribution in [2.75, 3.05) is 12.3 Å². The Hall–Kier alpha value is -2.35. The van der Waals surface area contributed by atoms with Crippen LogP contribution in [0.15, 0.2) is 53.7 Å². The van der Waals surface area contributed by atoms with Gasteiger partial charge in [0.1, 0.15) is 5.82 Å². The van der Waals surface area contributed by atoms with Crippen LogP contribution >= 0.6 is 35.0 Å². The van der Waals surface area contributed by atoms with Crippen LogP contribution < -0.4 is 5.32 Å². The van der Waals surface area contributed by atoms with Gasteiger partial charge in [-0.1, -0.05) is 41.0 Å². The molecule has 6 nitrogen and oxygen atoms in total. The first-order valence-corrected chi connectivity index (χ1v) is 11.0. The van der Waals surface area contributed by atoms with Crippen LogP contribution in [0.25, 0.3) is 5.69 Å². The summed E-state index contributed by atoms with van der Waals surface area (Å²) in [5.41, 5.74) is 1.42. The van der Waals surface area contributed by atoms with Crippen LogP contribution in [0.2, 0.25) is 10.0 Å². The van der Waals surface area contributed by atoms with Gasteiger partial charge in [-0.05, 0) is 48.9 Å². The Morgan fingerprint density at radius 3 is 2.53 bits per heavy atom. The second kappa shape index (κ2) is 10.6. The molecule has 0 aliphatic rings. The number of amides is 1. The molecule has 1 N–H and O–H groups in total. The first-order chi connectivity index (χ1) is 14.4. The van der Waals surface area contributed by atoms with Crippen molar-refractivity contribution in [1.82, 2.24) is 20.1 Å². The molecule has 0 aliphatic carbocycles. The number of carbonyl (C=O) groups excluding carboxylic acids is 2. The van der Waals surface area contributed by atoms with Crippen molar-refractivity contribution >= 4 is 46.7 Å². The minimum absolute atomic E-state index is 0.0236. The Kier molecular flexibility index (Phi) is 7.90. The molecule has 3 aromatic rings. The SMILES string of the molecule is CC(=O)NCCCc1nnc(SCC(=O)c2ccc(Cl)cc2)n1-c1cccc(Cl)c1. The highest BCUT2D eigenvalue weighted by molar-refractivity contribution is 7.99. The molecular formula is C21H20Cl2N4O2S. The Bertz CT molecular complexity index is 1040. The van der Waals surface area contributed by atoms with Crippen molar-refractivity contribution in [2.45, 2.75) is 24.9 Å². The minimum atomic E-state index is -0.0664. The highest BCUT2D eigenvalue weighted by Gasteiger charge is 2.17. The van der Waals surface area contributed by atoms with Crippen LogP contribution in [0.1, 0.15) is 29.5 Å². The number of thioether (sulfide) groups is 1. The predicted octanol–water partition coefficient (Wildman–Crippen LogP) is 4.62. The van der Waals surface area contributed by atoms with Gasteiger partial charge in [0.15, 0.2) is 10.9 Å². The van der Waals surface area contributed by atoms with Gasteiger partial charge >= 0.3 is 0 Å². The van der Waals surface area contributed by atoms with E-state index in [9.17, 15) is 9.59 Å². The molecule has 0 fully saturated rings. The number of carbonyl (C=O) groups is 2. The van der Waals surface area contributed by atoms with Crippen LogP contribution in [0.3, 0.4) is 0 Å². The van der Waals surface area contributed by atoms with Crippen molar-refractivity contribution in [3.8, 4) is 5.69 Å². The van der Waals surface area contributed by atoms with Gasteiger partial charge in [-0.15, -0.1) is 10.2 Å². The Morgan fingerprint density at radius 2 is 1.83 bits per heavy atom. The summed E-state index contributed by atoms with van der Waals surface area (Å²) < 4.78 is 1.90. The van der Waals surface area contributed by atoms with E-state index in [1.807, 2.05) is 22.8 Å². The van der Waals surface area contributed by atoms with E-state index in [0.717, 1.165) is 11.5 Å². The molecule has 30 heavy (non-hydrogen) atoms. The van der Waals surface area contributed by atoms with Crippen molar-refractivity contribution in [1.29, 1.82) is 0 Å². The number of rotatable bonds is 9. The summed E-state index contributed by atoms with van der Waals surface area (Å²) in [5, 5.41) is 13.2. The van der Waals surface area contributed by atoms with Crippen molar-refractivity contribution in [2.24, 2.45) is 0 Å². The molecule has 1 heterocycles. The number of hydrogen-bond donors (Lipinski definition) is 1. The van der Waals surface area contributed by atoms with Crippen LogP contribution in [-0.4, -0.2) is 38.8 Å². The van der Waals surface area contributed by atoms with E-state index in [1.54, 1.807) is 30.3 Å². The van der Waals surface area contributed by atoms with E-state index in [2.05, 4.69) is 15.5 Å². The quantitative estimate of drug-likeness (QED) is 0.285. The fourth-order valence-electron chi connectivity index (χ4n) is 2.79. The molecule has 156 valence electrons. The number of nitrogens with zero attached hydrogens (tertiary/aromatic N) is 3. The van der Waals surface area contributed by atoms with Gasteiger partial charge in [0.05, 0.1) is 11.4 Å². The smallest absolute Gasteiger partial charge is 0.216 e. The Labute approximate surface area is 189 Å². The van der Waals surface area contributed by atoms with Crippen LogP contribution in [0.4, 0.5) is 0 Å². The summed E-state index contributed by atoms with van der Waals surface area (Å²) >= 11 is 13.4. The van der Waals surface area contributed by atoms with Gasteiger partial charge in [0.2, 0.25) is 5.91 Å². The summed E-state index contributed by atoms with van der Waals surface area (Å²) in [4.78, 5) is 23.6. The molecule has 0 radical (unpaired) electrons. The zero-order chi connectivity index (χ0) is 21.5. The van der Waals surface area contributed by atoms with Crippen molar-refractivity contribution < 1.29 is 9.59 Å². The van der Waals surface area contributed by atoms with E-state index >= 15 is 0 Å². The summed E-state index contributed by atoms with van der Waals surface area (Å²) in [7, 11) is 0. The van der Waals surface area contributed by atoms with Crippen LogP contribution in [0.5, 0.6) is 0 Å². The Balaban J connectivity index is 1.78. The highest BCUT2D eigenvalue weighted by Crippen LogP contribution is 2.25. The lowest BCUT2D eigenvalue weighted by atomic mass is 10.1. The normalized spacial score (nSPS) is 10.8. The molecule has 0 saturated heterocycles. The maximum atomic E-state index is 12.5. The molecule has 0 unspecified atom stereocenters. The first kappa shape index (κ1) is 22.3. The number of ketones is 1. The molecule has 1 aromatic heterocycles. The Morgan fingerprint density at radius 1 is 1.07 bits per heavy atom. The third kappa shape index (κ3) is 6.08. The predicted molar refractivity (Wildman–Crippen MR) is 120 cm³/mol. The number of halogens is 2. The van der Waals surface area contributed by atoms with Gasteiger partial charge in [-0.3, -0.25) is 14.2 Å². The largest absolute Gasteiger partial charge is 0.356 e. The van der Waals surface area contributed by atoms with Gasteiger partial charge < -0.3 is 5.32 Å². The molecule has 0 bridgehead atoms. The van der Waals surface area contributed by atoms with Gasteiger partial charge in [-0.25, -0.2) is 0 Å². The lowest BCUT2D eigenvalue weighted by molar-refractivity contribution is -0.118. The molecule has 1 amide bonds. The van der Waals surface area contributed by atoms with Gasteiger partial charge in [-0.2, -0.15) is 0 Å². The third-order valence-electron chi connectivity index (χ3n) is 4.22. The zero-order valence-electron chi connectivity index (χ0n) is 16.3. The third-order valence-corrected chi connectivity index (χ3v) is 5.63. The van der Waals surface area contributed by atoms with E-state index in [4.69, 9.17) is 23.2 Å². The lowest BCUT2D eigenvalue weighted by Crippen LogP contribution is -2.21. The molecule has 0 aliphatic heterocycles. The molecule has 0 spiro atoms. The maximum Gasteiger partial charge on any atom is 0.216 e. The zero-order valence-corrected chi connectivity index (χ0v) is 18.6. The fraction of sp³-hybridized carbons (Fsp3) is 0.238. The summed E-state index contributed by atoms with van der Waals surface area (Å²) in [5.74, 6) is 0.864. The standard InChI is InChI=1S/C21H20Cl2N4O2S/c1-14(28)24-11-3-6-20-25-26-21(27(20)18-5-2-4-17(23)12-18)30-13-19(29)15-7-9-16(22)10-8-15/h2,4-5,7-10,12H,3,6,11,13H2,1H3,(H,24,28). The van der Waals surface area contributed by atoms with E-state index in [-0.39, 0.29) is 17.4 Å². The number of hydrogen-bond acceptors (Lipinski definition) is 5. The average molecular weight is 463 g/mol. The second-order valence-corrected chi connectivity index (χ2v) is 8.33. The molecule has 0 atom stereocenters. The monoisotopic (exact) mass is 462 g/mol. The van der Waals surface area contributed by atoms with Gasteiger partial charge in [0, 0.05) is 35.5 Å². The minimum Gasteiger partial charge on any atom is -0.356 e. The first-order valence-electron chi connectivity index (χ1n) is 9.30. The topological polar surface area (TPSA) is 76.9 Å². The van der Waals surface area contributed by atoms with E-state index in [0.29, 0.717) is 40.2 Å². The van der Waals surface area contributed by atoms with Crippen LogP contribution in [0, 0.1) is 0 Å². The number of nitrogens with one attached hydrogen (secondary N) is 1. The molecule has 2 aromatic carbocycles. The van der Waals surface area contributed by atoms with E-state index in [1.165, 1.54) is 18.7 Å². The molecule has 9 heteroatoms. The van der Waals surface area contributed by atoms with E-state index < -0.39 is 0 Å². The molecule has 3 rings (SSSR count). The van der Waals surface area contributed by atoms with Gasteiger partial charge in [0.25, 0.3) is 0 Å². The average Bonchev–Trinajstić information content (AvgIpc) is 3.12. The summed E-state index contributed by atoms with van der Waals surface area (Å²) in [6, 6.07) is 14.2. The maximum absolute atomic E-state index is 12.5. The van der Waals surface area contributed by atoms with Crippen molar-refractivity contribution in [3.05, 3.63) is 70.0 Å². The summed E-state index contributed by atoms with van der Waals surface area (Å²) in [6.07, 6.45) is 1.33. The summed E-state index contributed by atoms with van der Waals surface area (Å²) in [6.45, 7) is 2.04. The van der Waals surface area contributed by atoms with Crippen LogP contribution in [-0.2, 0) is 11.2 Å². The number of aryl methyl sites for hydroxylation is 1. The number of aromatic nitrogens is 3. The fourth-order valence-corrected chi connectivity index (χ4v) is 3.97. The second-order valence-electron chi connectivity index (χ2n) is 6.52. The molecule has 0 saturated carbocycles. The molecular weight excluding hydrogens is 443 g/mol.